The van der Waals surface area contributed by atoms with Crippen molar-refractivity contribution in [1.82, 2.24) is 5.32 Å². The second-order valence-electron chi connectivity index (χ2n) is 5.42. The molecule has 1 amide bonds. The molecule has 19 heavy (non-hydrogen) atoms. The highest BCUT2D eigenvalue weighted by Gasteiger charge is 2.67. The fourth-order valence-electron chi connectivity index (χ4n) is 2.05. The largest absolute Gasteiger partial charge is 0.353 e. The molecule has 1 aromatic carbocycles. The number of carbonyl (C=O) groups excluding carboxylic acids is 1. The molecule has 1 fully saturated rings. The summed E-state index contributed by atoms with van der Waals surface area (Å²) in [5, 5.41) is 3.67. The Morgan fingerprint density at radius 3 is 2.37 bits per heavy atom. The average molecular weight is 321 g/mol. The van der Waals surface area contributed by atoms with Gasteiger partial charge in [0.15, 0.2) is 0 Å². The summed E-state index contributed by atoms with van der Waals surface area (Å²) in [6, 6.07) is 7.62. The van der Waals surface area contributed by atoms with E-state index in [0.29, 0.717) is 11.4 Å². The van der Waals surface area contributed by atoms with Crippen LogP contribution in [-0.4, -0.2) is 16.3 Å². The smallest absolute Gasteiger partial charge is 0.229 e. The molecule has 0 radical (unpaired) electrons. The average Bonchev–Trinajstić information content (AvgIpc) is 2.83. The van der Waals surface area contributed by atoms with Gasteiger partial charge in [0.25, 0.3) is 0 Å². The molecule has 0 bridgehead atoms. The van der Waals surface area contributed by atoms with Gasteiger partial charge in [-0.3, -0.25) is 4.79 Å². The zero-order valence-electron chi connectivity index (χ0n) is 10.8. The van der Waals surface area contributed by atoms with Crippen LogP contribution in [-0.2, 0) is 11.2 Å². The Hall–Kier alpha value is -0.440. The maximum Gasteiger partial charge on any atom is 0.229 e. The molecule has 1 N–H and O–H groups in total. The lowest BCUT2D eigenvalue weighted by Gasteiger charge is -2.18. The summed E-state index contributed by atoms with van der Waals surface area (Å²) < 4.78 is -0.920. The molecule has 1 saturated carbocycles. The Morgan fingerprint density at radius 1 is 1.37 bits per heavy atom. The van der Waals surface area contributed by atoms with Crippen molar-refractivity contribution >= 4 is 40.7 Å². The lowest BCUT2D eigenvalue weighted by molar-refractivity contribution is -0.126. The summed E-state index contributed by atoms with van der Waals surface area (Å²) in [5.41, 5.74) is 0.464. The molecule has 5 heteroatoms. The number of nitrogens with one attached hydrogen (secondary N) is 1. The standard InChI is InChI=1S/C14H16Cl3NO/c1-9(7-10-3-5-11(15)6-4-10)18-12(19)13(2)8-14(13,16)17/h3-6,9H,7-8H2,1-2H3,(H,18,19). The van der Waals surface area contributed by atoms with Crippen molar-refractivity contribution in [2.75, 3.05) is 0 Å². The van der Waals surface area contributed by atoms with E-state index < -0.39 is 9.75 Å². The van der Waals surface area contributed by atoms with Crippen LogP contribution >= 0.6 is 34.8 Å². The maximum absolute atomic E-state index is 12.1. The number of amides is 1. The third-order valence-electron chi connectivity index (χ3n) is 3.59. The number of hydrogen-bond acceptors (Lipinski definition) is 1. The summed E-state index contributed by atoms with van der Waals surface area (Å²) in [5.74, 6) is -0.0843. The molecule has 2 atom stereocenters. The first kappa shape index (κ1) is 15.0. The van der Waals surface area contributed by atoms with E-state index in [9.17, 15) is 4.79 Å². The molecule has 2 unspecified atom stereocenters. The first-order valence-electron chi connectivity index (χ1n) is 6.18. The third-order valence-corrected chi connectivity index (χ3v) is 4.95. The van der Waals surface area contributed by atoms with Crippen LogP contribution in [0.3, 0.4) is 0 Å². The first-order valence-corrected chi connectivity index (χ1v) is 7.31. The fraction of sp³-hybridized carbons (Fsp3) is 0.500. The quantitative estimate of drug-likeness (QED) is 0.836. The SMILES string of the molecule is CC(Cc1ccc(Cl)cc1)NC(=O)C1(C)CC1(Cl)Cl. The predicted octanol–water partition coefficient (Wildman–Crippen LogP) is 3.97. The van der Waals surface area contributed by atoms with E-state index in [4.69, 9.17) is 34.8 Å². The molecule has 0 saturated heterocycles. The molecule has 0 aliphatic heterocycles. The topological polar surface area (TPSA) is 29.1 Å². The van der Waals surface area contributed by atoms with E-state index in [2.05, 4.69) is 5.32 Å². The van der Waals surface area contributed by atoms with Gasteiger partial charge in [-0.15, -0.1) is 23.2 Å². The summed E-state index contributed by atoms with van der Waals surface area (Å²) in [7, 11) is 0. The van der Waals surface area contributed by atoms with Crippen LogP contribution in [0.4, 0.5) is 0 Å². The summed E-state index contributed by atoms with van der Waals surface area (Å²) in [6.45, 7) is 3.75. The number of benzene rings is 1. The van der Waals surface area contributed by atoms with E-state index in [0.717, 1.165) is 12.0 Å². The van der Waals surface area contributed by atoms with E-state index in [1.807, 2.05) is 31.2 Å². The number of rotatable bonds is 4. The number of alkyl halides is 2. The Balaban J connectivity index is 1.90. The van der Waals surface area contributed by atoms with E-state index >= 15 is 0 Å². The Morgan fingerprint density at radius 2 is 1.89 bits per heavy atom. The van der Waals surface area contributed by atoms with Crippen molar-refractivity contribution in [1.29, 1.82) is 0 Å². The maximum atomic E-state index is 12.1. The van der Waals surface area contributed by atoms with Crippen molar-refractivity contribution in [3.8, 4) is 0 Å². The van der Waals surface area contributed by atoms with E-state index in [-0.39, 0.29) is 11.9 Å². The summed E-state index contributed by atoms with van der Waals surface area (Å²) in [4.78, 5) is 12.1. The van der Waals surface area contributed by atoms with Gasteiger partial charge in [-0.2, -0.15) is 0 Å². The minimum absolute atomic E-state index is 0.0234. The molecule has 0 aromatic heterocycles. The van der Waals surface area contributed by atoms with E-state index in [1.54, 1.807) is 6.92 Å². The van der Waals surface area contributed by atoms with Gasteiger partial charge < -0.3 is 5.32 Å². The lowest BCUT2D eigenvalue weighted by atomic mass is 10.0. The highest BCUT2D eigenvalue weighted by Crippen LogP contribution is 2.63. The van der Waals surface area contributed by atoms with E-state index in [1.165, 1.54) is 0 Å². The molecule has 104 valence electrons. The molecule has 1 aliphatic rings. The molecular weight excluding hydrogens is 305 g/mol. The highest BCUT2D eigenvalue weighted by atomic mass is 35.5. The van der Waals surface area contributed by atoms with Crippen molar-refractivity contribution in [3.05, 3.63) is 34.9 Å². The van der Waals surface area contributed by atoms with Crippen molar-refractivity contribution in [2.45, 2.75) is 37.1 Å². The molecular formula is C14H16Cl3NO. The first-order chi connectivity index (χ1) is 8.74. The van der Waals surface area contributed by atoms with Crippen LogP contribution in [0.25, 0.3) is 0 Å². The van der Waals surface area contributed by atoms with Gasteiger partial charge in [-0.25, -0.2) is 0 Å². The van der Waals surface area contributed by atoms with Gasteiger partial charge in [0.1, 0.15) is 4.33 Å². The van der Waals surface area contributed by atoms with Crippen LogP contribution in [0, 0.1) is 5.41 Å². The van der Waals surface area contributed by atoms with Crippen LogP contribution in [0.2, 0.25) is 5.02 Å². The Kier molecular flexibility index (Phi) is 4.06. The second-order valence-corrected chi connectivity index (χ2v) is 7.34. The van der Waals surface area contributed by atoms with Gasteiger partial charge in [0.2, 0.25) is 5.91 Å². The monoisotopic (exact) mass is 319 g/mol. The third kappa shape index (κ3) is 3.18. The highest BCUT2D eigenvalue weighted by molar-refractivity contribution is 6.53. The summed E-state index contributed by atoms with van der Waals surface area (Å²) >= 11 is 17.8. The van der Waals surface area contributed by atoms with Gasteiger partial charge in [0, 0.05) is 11.1 Å². The second kappa shape index (κ2) is 5.16. The Labute approximate surface area is 128 Å². The summed E-state index contributed by atoms with van der Waals surface area (Å²) in [6.07, 6.45) is 1.25. The van der Waals surface area contributed by atoms with Crippen LogP contribution in [0.5, 0.6) is 0 Å². The Bertz CT molecular complexity index is 486. The van der Waals surface area contributed by atoms with Gasteiger partial charge in [-0.1, -0.05) is 23.7 Å². The van der Waals surface area contributed by atoms with Crippen LogP contribution in [0.15, 0.2) is 24.3 Å². The molecule has 2 nitrogen and oxygen atoms in total. The minimum atomic E-state index is -0.920. The number of halogens is 3. The molecule has 0 heterocycles. The normalized spacial score (nSPS) is 25.7. The van der Waals surface area contributed by atoms with Gasteiger partial charge in [-0.05, 0) is 44.4 Å². The molecule has 0 spiro atoms. The lowest BCUT2D eigenvalue weighted by Crippen LogP contribution is -2.40. The fourth-order valence-corrected chi connectivity index (χ4v) is 2.89. The zero-order valence-corrected chi connectivity index (χ0v) is 13.1. The zero-order chi connectivity index (χ0) is 14.3. The number of carbonyl (C=O) groups is 1. The van der Waals surface area contributed by atoms with Crippen molar-refractivity contribution < 1.29 is 4.79 Å². The van der Waals surface area contributed by atoms with Crippen LogP contribution < -0.4 is 5.32 Å². The molecule has 2 rings (SSSR count). The molecule has 1 aromatic rings. The predicted molar refractivity (Wildman–Crippen MR) is 79.9 cm³/mol. The van der Waals surface area contributed by atoms with Crippen molar-refractivity contribution in [2.24, 2.45) is 5.41 Å². The van der Waals surface area contributed by atoms with Crippen LogP contribution in [0.1, 0.15) is 25.8 Å². The minimum Gasteiger partial charge on any atom is -0.353 e. The van der Waals surface area contributed by atoms with Gasteiger partial charge >= 0.3 is 0 Å². The van der Waals surface area contributed by atoms with Gasteiger partial charge in [0.05, 0.1) is 5.41 Å². The van der Waals surface area contributed by atoms with Crippen molar-refractivity contribution in [3.63, 3.8) is 0 Å². The molecule has 1 aliphatic carbocycles. The number of hydrogen-bond donors (Lipinski definition) is 1.